The molecule has 1 aliphatic heterocycles. The van der Waals surface area contributed by atoms with Crippen LogP contribution in [0.15, 0.2) is 0 Å². The van der Waals surface area contributed by atoms with E-state index in [1.54, 1.807) is 0 Å². The summed E-state index contributed by atoms with van der Waals surface area (Å²) in [6.45, 7) is 20.6. The van der Waals surface area contributed by atoms with Crippen LogP contribution >= 0.6 is 0 Å². The number of hydrogen-bond acceptors (Lipinski definition) is 15. The highest BCUT2D eigenvalue weighted by Crippen LogP contribution is 2.76. The first-order valence-corrected chi connectivity index (χ1v) is 21.6. The van der Waals surface area contributed by atoms with Crippen LogP contribution in [0.1, 0.15) is 141 Å². The van der Waals surface area contributed by atoms with Gasteiger partial charge in [-0.25, -0.2) is 0 Å². The highest BCUT2D eigenvalue weighted by molar-refractivity contribution is 5.69. The van der Waals surface area contributed by atoms with E-state index in [0.29, 0.717) is 12.8 Å². The van der Waals surface area contributed by atoms with Gasteiger partial charge in [-0.3, -0.25) is 28.8 Å². The number of rotatable bonds is 13. The second kappa shape index (κ2) is 17.6. The van der Waals surface area contributed by atoms with E-state index in [0.717, 1.165) is 52.2 Å². The van der Waals surface area contributed by atoms with Crippen LogP contribution < -0.4 is 0 Å². The summed E-state index contributed by atoms with van der Waals surface area (Å²) in [5.74, 6) is -3.75. The Labute approximate surface area is 354 Å². The van der Waals surface area contributed by atoms with Gasteiger partial charge in [0.15, 0.2) is 24.6 Å². The molecule has 0 aromatic carbocycles. The lowest BCUT2D eigenvalue weighted by molar-refractivity contribution is -0.339. The molecule has 4 unspecified atom stereocenters. The molecule has 15 nitrogen and oxygen atoms in total. The standard InChI is InChI=1S/C45H68O15/c1-24(47)53-23-32-37(56-27(4)50)38(57-28(5)51)39(58-29(6)52)40(59-32)60-45(12,17-13-21-46)30-14-19-44(11)36(30)31(54-25(2)48)22-34-42(9)18-16-35(55-26(3)49)41(7,8)33(42)15-20-43(34,44)10/h21,30-40H,13-20,22-23H2,1-12H3/t30?,31?,32-,33?,34?,35+,36+,37-,38+,39-,40-,42+,43-,44-,45+/m1/s1. The number of hydrogen-bond donors (Lipinski definition) is 0. The number of esters is 6. The summed E-state index contributed by atoms with van der Waals surface area (Å²) in [6, 6.07) is 0. The van der Waals surface area contributed by atoms with Crippen LogP contribution in [0.2, 0.25) is 0 Å². The van der Waals surface area contributed by atoms with Gasteiger partial charge < -0.3 is 42.7 Å². The van der Waals surface area contributed by atoms with E-state index in [1.165, 1.54) is 27.7 Å². The number of aldehydes is 1. The van der Waals surface area contributed by atoms with Gasteiger partial charge in [0.05, 0.1) is 5.60 Å². The lowest BCUT2D eigenvalue weighted by atomic mass is 9.35. The fourth-order valence-corrected chi connectivity index (χ4v) is 13.4. The topological polar surface area (TPSA) is 193 Å². The molecule has 0 N–H and O–H groups in total. The van der Waals surface area contributed by atoms with Crippen LogP contribution in [-0.4, -0.2) is 97.2 Å². The van der Waals surface area contributed by atoms with E-state index < -0.39 is 78.9 Å². The molecule has 4 saturated carbocycles. The molecule has 0 bridgehead atoms. The molecule has 0 aromatic rings. The molecular weight excluding hydrogens is 780 g/mol. The highest BCUT2D eigenvalue weighted by atomic mass is 16.7. The third-order valence-electron chi connectivity index (χ3n) is 15.8. The first kappa shape index (κ1) is 47.5. The quantitative estimate of drug-likeness (QED) is 0.119. The second-order valence-electron chi connectivity index (χ2n) is 19.7. The first-order valence-electron chi connectivity index (χ1n) is 21.6. The molecule has 5 aliphatic rings. The average Bonchev–Trinajstić information content (AvgIpc) is 3.50. The number of fused-ring (bicyclic) bond motifs is 5. The van der Waals surface area contributed by atoms with Crippen LogP contribution in [0.4, 0.5) is 0 Å². The van der Waals surface area contributed by atoms with E-state index in [9.17, 15) is 33.6 Å². The Morgan fingerprint density at radius 2 is 1.23 bits per heavy atom. The third-order valence-corrected chi connectivity index (χ3v) is 15.8. The zero-order chi connectivity index (χ0) is 44.7. The molecular formula is C45H68O15. The second-order valence-corrected chi connectivity index (χ2v) is 19.7. The van der Waals surface area contributed by atoms with Crippen molar-refractivity contribution in [1.29, 1.82) is 0 Å². The number of carbonyl (C=O) groups is 7. The van der Waals surface area contributed by atoms with Gasteiger partial charge in [-0.15, -0.1) is 0 Å². The fraction of sp³-hybridized carbons (Fsp3) is 0.844. The molecule has 5 rings (SSSR count). The fourth-order valence-electron chi connectivity index (χ4n) is 13.4. The van der Waals surface area contributed by atoms with E-state index in [2.05, 4.69) is 34.6 Å². The zero-order valence-corrected chi connectivity index (χ0v) is 37.6. The van der Waals surface area contributed by atoms with Crippen molar-refractivity contribution >= 4 is 42.1 Å². The van der Waals surface area contributed by atoms with Crippen molar-refractivity contribution < 1.29 is 71.5 Å². The van der Waals surface area contributed by atoms with Crippen molar-refractivity contribution in [2.75, 3.05) is 6.61 Å². The van der Waals surface area contributed by atoms with Crippen LogP contribution in [-0.2, 0) is 71.5 Å². The summed E-state index contributed by atoms with van der Waals surface area (Å²) in [4.78, 5) is 87.2. The molecule has 4 aliphatic carbocycles. The van der Waals surface area contributed by atoms with Crippen molar-refractivity contribution in [3.8, 4) is 0 Å². The summed E-state index contributed by atoms with van der Waals surface area (Å²) < 4.78 is 48.2. The van der Waals surface area contributed by atoms with Gasteiger partial charge >= 0.3 is 35.8 Å². The highest BCUT2D eigenvalue weighted by Gasteiger charge is 2.73. The summed E-state index contributed by atoms with van der Waals surface area (Å²) >= 11 is 0. The predicted octanol–water partition coefficient (Wildman–Crippen LogP) is 5.98. The normalized spacial score (nSPS) is 40.2. The molecule has 0 aromatic heterocycles. The average molecular weight is 849 g/mol. The summed E-state index contributed by atoms with van der Waals surface area (Å²) in [5.41, 5.74) is -2.21. The van der Waals surface area contributed by atoms with Gasteiger partial charge in [0.25, 0.3) is 0 Å². The minimum atomic E-state index is -1.46. The lowest BCUT2D eigenvalue weighted by Crippen LogP contribution is -2.67. The van der Waals surface area contributed by atoms with Gasteiger partial charge in [-0.05, 0) is 92.3 Å². The lowest BCUT2D eigenvalue weighted by Gasteiger charge is -2.70. The Kier molecular flexibility index (Phi) is 14.0. The van der Waals surface area contributed by atoms with Crippen molar-refractivity contribution in [2.24, 2.45) is 45.3 Å². The van der Waals surface area contributed by atoms with E-state index in [4.69, 9.17) is 37.9 Å². The predicted molar refractivity (Wildman–Crippen MR) is 212 cm³/mol. The van der Waals surface area contributed by atoms with Crippen LogP contribution in [0, 0.1) is 45.3 Å². The van der Waals surface area contributed by atoms with E-state index in [1.807, 2.05) is 6.92 Å². The van der Waals surface area contributed by atoms with Gasteiger partial charge in [-0.1, -0.05) is 34.6 Å². The third kappa shape index (κ3) is 8.85. The van der Waals surface area contributed by atoms with Gasteiger partial charge in [0.1, 0.15) is 31.2 Å². The van der Waals surface area contributed by atoms with Crippen molar-refractivity contribution in [3.05, 3.63) is 0 Å². The van der Waals surface area contributed by atoms with Crippen molar-refractivity contribution in [2.45, 2.75) is 189 Å². The van der Waals surface area contributed by atoms with Crippen molar-refractivity contribution in [3.63, 3.8) is 0 Å². The Bertz CT molecular complexity index is 1680. The van der Waals surface area contributed by atoms with E-state index >= 15 is 0 Å². The van der Waals surface area contributed by atoms with Gasteiger partial charge in [0.2, 0.25) is 0 Å². The number of ether oxygens (including phenoxy) is 8. The molecule has 1 saturated heterocycles. The SMILES string of the molecule is CC(=O)OC[C@H]1O[C@H](O[C@@](C)(CCC=O)C2CC[C@]3(C)[C@@H]2C(OC(C)=O)CC2[C@@]4(C)CC[C@H](OC(C)=O)C(C)(C)C4CC[C@]23C)[C@H](OC(C)=O)[C@@H](OC(C)=O)[C@@H]1OC(C)=O. The molecule has 0 amide bonds. The van der Waals surface area contributed by atoms with Crippen molar-refractivity contribution in [1.82, 2.24) is 0 Å². The molecule has 60 heavy (non-hydrogen) atoms. The van der Waals surface area contributed by atoms with Gasteiger partial charge in [-0.2, -0.15) is 0 Å². The summed E-state index contributed by atoms with van der Waals surface area (Å²) in [7, 11) is 0. The molecule has 338 valence electrons. The Morgan fingerprint density at radius 3 is 1.80 bits per heavy atom. The number of carbonyl (C=O) groups excluding carboxylic acids is 7. The molecule has 15 atom stereocenters. The largest absolute Gasteiger partial charge is 0.463 e. The molecule has 0 radical (unpaired) electrons. The summed E-state index contributed by atoms with van der Waals surface area (Å²) in [6.07, 6.45) is -1.07. The Morgan fingerprint density at radius 1 is 0.667 bits per heavy atom. The molecule has 5 fully saturated rings. The minimum Gasteiger partial charge on any atom is -0.463 e. The van der Waals surface area contributed by atoms with Gasteiger partial charge in [0, 0.05) is 59.3 Å². The Balaban J connectivity index is 1.58. The van der Waals surface area contributed by atoms with Crippen LogP contribution in [0.25, 0.3) is 0 Å². The van der Waals surface area contributed by atoms with Crippen LogP contribution in [0.5, 0.6) is 0 Å². The molecule has 0 spiro atoms. The smallest absolute Gasteiger partial charge is 0.303 e. The Hall–Kier alpha value is -3.59. The van der Waals surface area contributed by atoms with Crippen LogP contribution in [0.3, 0.4) is 0 Å². The molecule has 1 heterocycles. The first-order chi connectivity index (χ1) is 27.8. The molecule has 15 heteroatoms. The van der Waals surface area contributed by atoms with E-state index in [-0.39, 0.29) is 70.2 Å². The summed E-state index contributed by atoms with van der Waals surface area (Å²) in [5, 5.41) is 0. The monoisotopic (exact) mass is 848 g/mol. The maximum Gasteiger partial charge on any atom is 0.303 e. The maximum absolute atomic E-state index is 13.1. The maximum atomic E-state index is 13.1. The minimum absolute atomic E-state index is 0.0954. The zero-order valence-electron chi connectivity index (χ0n) is 37.6.